The first-order chi connectivity index (χ1) is 13.6. The summed E-state index contributed by atoms with van der Waals surface area (Å²) < 4.78 is 20.6. The van der Waals surface area contributed by atoms with Gasteiger partial charge in [0, 0.05) is 13.1 Å². The number of aromatic nitrogens is 3. The van der Waals surface area contributed by atoms with Crippen molar-refractivity contribution in [1.82, 2.24) is 19.9 Å². The van der Waals surface area contributed by atoms with Crippen LogP contribution in [0.1, 0.15) is 11.3 Å². The molecule has 0 aliphatic carbocycles. The minimum absolute atomic E-state index is 0.175. The van der Waals surface area contributed by atoms with Gasteiger partial charge < -0.3 is 9.64 Å². The molecule has 0 N–H and O–H groups in total. The number of likely N-dealkylation sites (N-methyl/N-ethyl adjacent to an activating group) is 1. The molecule has 1 aromatic heterocycles. The van der Waals surface area contributed by atoms with Crippen molar-refractivity contribution in [2.45, 2.75) is 6.54 Å². The van der Waals surface area contributed by atoms with Gasteiger partial charge in [-0.05, 0) is 23.8 Å². The van der Waals surface area contributed by atoms with Crippen molar-refractivity contribution in [3.05, 3.63) is 83.9 Å². The van der Waals surface area contributed by atoms with Crippen LogP contribution in [0.5, 0.6) is 5.75 Å². The van der Waals surface area contributed by atoms with Crippen LogP contribution in [0.2, 0.25) is 0 Å². The van der Waals surface area contributed by atoms with E-state index in [1.165, 1.54) is 17.0 Å². The molecule has 1 amide bonds. The number of benzene rings is 2. The van der Waals surface area contributed by atoms with E-state index in [2.05, 4.69) is 10.3 Å². The normalized spacial score (nSPS) is 10.9. The van der Waals surface area contributed by atoms with E-state index in [4.69, 9.17) is 4.74 Å². The van der Waals surface area contributed by atoms with E-state index in [1.807, 2.05) is 30.3 Å². The van der Waals surface area contributed by atoms with Gasteiger partial charge in [0.15, 0.2) is 11.6 Å². The number of amides is 1. The molecule has 3 aromatic rings. The predicted octanol–water partition coefficient (Wildman–Crippen LogP) is 3.02. The highest BCUT2D eigenvalue weighted by molar-refractivity contribution is 5.91. The Bertz CT molecular complexity index is 940. The maximum absolute atomic E-state index is 13.5. The molecule has 0 saturated heterocycles. The summed E-state index contributed by atoms with van der Waals surface area (Å²) in [4.78, 5) is 13.7. The molecule has 0 aliphatic heterocycles. The molecule has 0 saturated carbocycles. The maximum atomic E-state index is 13.5. The van der Waals surface area contributed by atoms with Crippen LogP contribution in [0, 0.1) is 5.82 Å². The third-order valence-corrected chi connectivity index (χ3v) is 4.04. The molecule has 0 unspecified atom stereocenters. The molecular weight excluding hydrogens is 359 g/mol. The first-order valence-electron chi connectivity index (χ1n) is 8.86. The summed E-state index contributed by atoms with van der Waals surface area (Å²) in [6, 6.07) is 16.1. The molecule has 2 aromatic carbocycles. The van der Waals surface area contributed by atoms with Crippen LogP contribution in [0.15, 0.2) is 66.9 Å². The van der Waals surface area contributed by atoms with Crippen molar-refractivity contribution in [1.29, 1.82) is 0 Å². The van der Waals surface area contributed by atoms with Gasteiger partial charge in [0.2, 0.25) is 5.91 Å². The van der Waals surface area contributed by atoms with Crippen molar-refractivity contribution < 1.29 is 13.9 Å². The Kier molecular flexibility index (Phi) is 6.51. The second-order valence-corrected chi connectivity index (χ2v) is 6.20. The van der Waals surface area contributed by atoms with Gasteiger partial charge in [0.05, 0.1) is 19.3 Å². The zero-order valence-electron chi connectivity index (χ0n) is 15.5. The number of rotatable bonds is 8. The Hall–Kier alpha value is -3.48. The number of para-hydroxylation sites is 1. The van der Waals surface area contributed by atoms with Crippen LogP contribution >= 0.6 is 0 Å². The molecular formula is C21H21FN4O2. The molecule has 144 valence electrons. The van der Waals surface area contributed by atoms with Crippen molar-refractivity contribution >= 4 is 12.0 Å². The monoisotopic (exact) mass is 380 g/mol. The highest BCUT2D eigenvalue weighted by Gasteiger charge is 2.07. The minimum atomic E-state index is -0.421. The van der Waals surface area contributed by atoms with Gasteiger partial charge in [0.1, 0.15) is 12.3 Å². The summed E-state index contributed by atoms with van der Waals surface area (Å²) in [5.41, 5.74) is 1.72. The summed E-state index contributed by atoms with van der Waals surface area (Å²) in [5.74, 6) is -0.446. The second-order valence-electron chi connectivity index (χ2n) is 6.20. The molecule has 0 fully saturated rings. The van der Waals surface area contributed by atoms with E-state index in [-0.39, 0.29) is 18.3 Å². The van der Waals surface area contributed by atoms with Gasteiger partial charge in [-0.25, -0.2) is 9.07 Å². The van der Waals surface area contributed by atoms with Crippen molar-refractivity contribution in [2.24, 2.45) is 0 Å². The molecule has 28 heavy (non-hydrogen) atoms. The van der Waals surface area contributed by atoms with Gasteiger partial charge in [0.25, 0.3) is 0 Å². The highest BCUT2D eigenvalue weighted by Crippen LogP contribution is 2.15. The smallest absolute Gasteiger partial charge is 0.246 e. The molecule has 3 rings (SSSR count). The lowest BCUT2D eigenvalue weighted by molar-refractivity contribution is -0.125. The summed E-state index contributed by atoms with van der Waals surface area (Å²) in [6.07, 6.45) is 4.82. The lowest BCUT2D eigenvalue weighted by Gasteiger charge is -2.15. The standard InChI is InChI=1S/C21H21FN4O2/c1-25(13-14-28-20-10-6-5-9-19(20)22)21(27)12-11-18-16-26(24-23-18)15-17-7-3-2-4-8-17/h2-12,16H,13-15H2,1H3. The quantitative estimate of drug-likeness (QED) is 0.564. The van der Waals surface area contributed by atoms with Gasteiger partial charge in [-0.15, -0.1) is 5.10 Å². The first kappa shape index (κ1) is 19.3. The van der Waals surface area contributed by atoms with Crippen LogP contribution in [0.4, 0.5) is 4.39 Å². The molecule has 0 bridgehead atoms. The van der Waals surface area contributed by atoms with Crippen molar-refractivity contribution in [2.75, 3.05) is 20.2 Å². The number of hydrogen-bond donors (Lipinski definition) is 0. The molecule has 0 atom stereocenters. The Balaban J connectivity index is 1.47. The van der Waals surface area contributed by atoms with E-state index < -0.39 is 5.82 Å². The second kappa shape index (κ2) is 9.45. The van der Waals surface area contributed by atoms with E-state index in [0.29, 0.717) is 18.8 Å². The molecule has 6 nitrogen and oxygen atoms in total. The highest BCUT2D eigenvalue weighted by atomic mass is 19.1. The van der Waals surface area contributed by atoms with E-state index in [9.17, 15) is 9.18 Å². The third kappa shape index (κ3) is 5.51. The van der Waals surface area contributed by atoms with Crippen LogP contribution in [0.3, 0.4) is 0 Å². The van der Waals surface area contributed by atoms with E-state index in [0.717, 1.165) is 5.56 Å². The summed E-state index contributed by atoms with van der Waals surface area (Å²) in [7, 11) is 1.66. The Morgan fingerprint density at radius 3 is 2.71 bits per heavy atom. The Morgan fingerprint density at radius 1 is 1.18 bits per heavy atom. The summed E-state index contributed by atoms with van der Waals surface area (Å²) >= 11 is 0. The largest absolute Gasteiger partial charge is 0.489 e. The number of hydrogen-bond acceptors (Lipinski definition) is 4. The number of carbonyl (C=O) groups excluding carboxylic acids is 1. The minimum Gasteiger partial charge on any atom is -0.489 e. The Labute approximate surface area is 162 Å². The molecule has 0 radical (unpaired) electrons. The van der Waals surface area contributed by atoms with Crippen molar-refractivity contribution in [3.63, 3.8) is 0 Å². The number of carbonyl (C=O) groups is 1. The third-order valence-electron chi connectivity index (χ3n) is 4.04. The van der Waals surface area contributed by atoms with Gasteiger partial charge >= 0.3 is 0 Å². The van der Waals surface area contributed by atoms with Crippen LogP contribution in [-0.4, -0.2) is 46.0 Å². The maximum Gasteiger partial charge on any atom is 0.246 e. The van der Waals surface area contributed by atoms with Crippen LogP contribution < -0.4 is 4.74 Å². The summed E-state index contributed by atoms with van der Waals surface area (Å²) in [5, 5.41) is 8.10. The van der Waals surface area contributed by atoms with Gasteiger partial charge in [-0.2, -0.15) is 0 Å². The van der Waals surface area contributed by atoms with Crippen LogP contribution in [-0.2, 0) is 11.3 Å². The van der Waals surface area contributed by atoms with Crippen LogP contribution in [0.25, 0.3) is 6.08 Å². The average molecular weight is 380 g/mol. The fourth-order valence-corrected chi connectivity index (χ4v) is 2.49. The lowest BCUT2D eigenvalue weighted by Crippen LogP contribution is -2.29. The van der Waals surface area contributed by atoms with E-state index >= 15 is 0 Å². The number of ether oxygens (including phenoxy) is 1. The SMILES string of the molecule is CN(CCOc1ccccc1F)C(=O)C=Cc1cn(Cc2ccccc2)nn1. The lowest BCUT2D eigenvalue weighted by atomic mass is 10.2. The van der Waals surface area contributed by atoms with Gasteiger partial charge in [-0.1, -0.05) is 47.7 Å². The van der Waals surface area contributed by atoms with Gasteiger partial charge in [-0.3, -0.25) is 4.79 Å². The molecule has 7 heteroatoms. The topological polar surface area (TPSA) is 60.2 Å². The zero-order valence-corrected chi connectivity index (χ0v) is 15.5. The van der Waals surface area contributed by atoms with Crippen molar-refractivity contribution in [3.8, 4) is 5.75 Å². The predicted molar refractivity (Wildman–Crippen MR) is 104 cm³/mol. The number of nitrogens with zero attached hydrogens (tertiary/aromatic N) is 4. The zero-order chi connectivity index (χ0) is 19.8. The summed E-state index contributed by atoms with van der Waals surface area (Å²) in [6.45, 7) is 1.14. The molecule has 0 aliphatic rings. The average Bonchev–Trinajstić information content (AvgIpc) is 3.15. The van der Waals surface area contributed by atoms with E-state index in [1.54, 1.807) is 42.2 Å². The Morgan fingerprint density at radius 2 is 1.93 bits per heavy atom. The fraction of sp³-hybridized carbons (Fsp3) is 0.190. The fourth-order valence-electron chi connectivity index (χ4n) is 2.49. The molecule has 0 spiro atoms. The first-order valence-corrected chi connectivity index (χ1v) is 8.86. The molecule has 1 heterocycles. The number of halogens is 1.